The molecule has 5 rings (SSSR count). The molecule has 1 fully saturated rings. The average Bonchev–Trinajstić information content (AvgIpc) is 3.43. The Labute approximate surface area is 223 Å². The number of carbonyl (C=O) groups is 2. The number of hydrogen-bond donors (Lipinski definition) is 1. The molecular formula is C32H33NO5. The quantitative estimate of drug-likeness (QED) is 0.160. The van der Waals surface area contributed by atoms with Crippen molar-refractivity contribution >= 4 is 17.4 Å². The maximum absolute atomic E-state index is 13.4. The molecule has 0 aliphatic carbocycles. The average molecular weight is 512 g/mol. The summed E-state index contributed by atoms with van der Waals surface area (Å²) in [5, 5.41) is 11.5. The van der Waals surface area contributed by atoms with E-state index in [0.717, 1.165) is 53.9 Å². The monoisotopic (exact) mass is 511 g/mol. The van der Waals surface area contributed by atoms with Crippen molar-refractivity contribution in [1.82, 2.24) is 4.90 Å². The number of nitrogens with zero attached hydrogens (tertiary/aromatic N) is 1. The van der Waals surface area contributed by atoms with Crippen LogP contribution in [0.15, 0.2) is 78.4 Å². The molecule has 38 heavy (non-hydrogen) atoms. The highest BCUT2D eigenvalue weighted by Crippen LogP contribution is 2.41. The Kier molecular flexibility index (Phi) is 7.50. The molecule has 2 heterocycles. The second kappa shape index (κ2) is 11.1. The van der Waals surface area contributed by atoms with E-state index < -0.39 is 17.7 Å². The number of rotatable bonds is 9. The van der Waals surface area contributed by atoms with Crippen LogP contribution in [0.25, 0.3) is 5.76 Å². The Bertz CT molecular complexity index is 1350. The van der Waals surface area contributed by atoms with Gasteiger partial charge in [-0.05, 0) is 60.4 Å². The molecule has 6 heteroatoms. The molecule has 2 aliphatic rings. The van der Waals surface area contributed by atoms with Gasteiger partial charge in [0.15, 0.2) is 0 Å². The van der Waals surface area contributed by atoms with Gasteiger partial charge in [0.25, 0.3) is 11.7 Å². The molecule has 3 aromatic carbocycles. The first-order valence-corrected chi connectivity index (χ1v) is 13.3. The maximum Gasteiger partial charge on any atom is 0.295 e. The minimum atomic E-state index is -0.729. The molecule has 1 N–H and O–H groups in total. The number of likely N-dealkylation sites (tertiary alicyclic amines) is 1. The van der Waals surface area contributed by atoms with Gasteiger partial charge in [0, 0.05) is 18.5 Å². The van der Waals surface area contributed by atoms with Crippen LogP contribution in [-0.2, 0) is 22.6 Å². The van der Waals surface area contributed by atoms with Crippen LogP contribution in [0.4, 0.5) is 0 Å². The van der Waals surface area contributed by atoms with E-state index in [1.54, 1.807) is 11.0 Å². The molecule has 196 valence electrons. The van der Waals surface area contributed by atoms with Crippen LogP contribution in [-0.4, -0.2) is 34.4 Å². The number of unbranched alkanes of at least 4 members (excludes halogenated alkanes) is 2. The summed E-state index contributed by atoms with van der Waals surface area (Å²) in [6.07, 6.45) is 4.00. The molecular weight excluding hydrogens is 478 g/mol. The van der Waals surface area contributed by atoms with Gasteiger partial charge in [-0.2, -0.15) is 0 Å². The Morgan fingerprint density at radius 3 is 2.53 bits per heavy atom. The van der Waals surface area contributed by atoms with Crippen LogP contribution < -0.4 is 9.47 Å². The second-order valence-corrected chi connectivity index (χ2v) is 9.99. The Hall–Kier alpha value is -4.06. The fourth-order valence-electron chi connectivity index (χ4n) is 5.18. The maximum atomic E-state index is 13.4. The number of Topliss-reactive ketones (excluding diaryl/α,β-unsaturated/α-hetero) is 1. The molecule has 0 bridgehead atoms. The Morgan fingerprint density at radius 1 is 1.03 bits per heavy atom. The van der Waals surface area contributed by atoms with Gasteiger partial charge in [0.05, 0.1) is 18.2 Å². The van der Waals surface area contributed by atoms with E-state index in [1.165, 1.54) is 0 Å². The van der Waals surface area contributed by atoms with Crippen molar-refractivity contribution < 1.29 is 24.2 Å². The highest BCUT2D eigenvalue weighted by atomic mass is 16.5. The zero-order chi connectivity index (χ0) is 26.6. The third-order valence-corrected chi connectivity index (χ3v) is 7.12. The number of ether oxygens (including phenoxy) is 2. The fourth-order valence-corrected chi connectivity index (χ4v) is 5.18. The molecule has 0 saturated carbocycles. The van der Waals surface area contributed by atoms with E-state index in [0.29, 0.717) is 12.2 Å². The molecule has 2 aliphatic heterocycles. The van der Waals surface area contributed by atoms with E-state index in [1.807, 2.05) is 73.7 Å². The number of ketones is 1. The van der Waals surface area contributed by atoms with E-state index in [-0.39, 0.29) is 24.0 Å². The fraction of sp³-hybridized carbons (Fsp3) is 0.312. The van der Waals surface area contributed by atoms with Gasteiger partial charge >= 0.3 is 0 Å². The van der Waals surface area contributed by atoms with Gasteiger partial charge in [-0.15, -0.1) is 0 Å². The molecule has 3 aromatic rings. The minimum Gasteiger partial charge on any atom is -0.507 e. The van der Waals surface area contributed by atoms with Gasteiger partial charge in [0.2, 0.25) is 0 Å². The van der Waals surface area contributed by atoms with Crippen molar-refractivity contribution in [3.63, 3.8) is 0 Å². The summed E-state index contributed by atoms with van der Waals surface area (Å²) < 4.78 is 11.7. The van der Waals surface area contributed by atoms with Gasteiger partial charge < -0.3 is 19.5 Å². The normalized spacial score (nSPS) is 19.9. The van der Waals surface area contributed by atoms with Gasteiger partial charge in [-0.1, -0.05) is 62.2 Å². The third-order valence-electron chi connectivity index (χ3n) is 7.12. The number of hydrogen-bond acceptors (Lipinski definition) is 5. The van der Waals surface area contributed by atoms with Gasteiger partial charge in [0.1, 0.15) is 23.4 Å². The lowest BCUT2D eigenvalue weighted by atomic mass is 9.94. The minimum absolute atomic E-state index is 0.0570. The lowest BCUT2D eigenvalue weighted by Gasteiger charge is -2.25. The first-order chi connectivity index (χ1) is 18.5. The Balaban J connectivity index is 1.52. The topological polar surface area (TPSA) is 76.1 Å². The highest BCUT2D eigenvalue weighted by Gasteiger charge is 2.46. The van der Waals surface area contributed by atoms with E-state index in [4.69, 9.17) is 9.47 Å². The zero-order valence-electron chi connectivity index (χ0n) is 21.9. The summed E-state index contributed by atoms with van der Waals surface area (Å²) in [6.45, 7) is 5.03. The number of carbonyl (C=O) groups excluding carboxylic acids is 2. The van der Waals surface area contributed by atoms with Crippen LogP contribution in [0.2, 0.25) is 0 Å². The lowest BCUT2D eigenvalue weighted by Crippen LogP contribution is -2.29. The summed E-state index contributed by atoms with van der Waals surface area (Å²) in [7, 11) is 0. The van der Waals surface area contributed by atoms with Crippen LogP contribution >= 0.6 is 0 Å². The summed E-state index contributed by atoms with van der Waals surface area (Å²) in [6, 6.07) is 21.7. The predicted octanol–water partition coefficient (Wildman–Crippen LogP) is 6.20. The summed E-state index contributed by atoms with van der Waals surface area (Å²) in [5.41, 5.74) is 3.20. The second-order valence-electron chi connectivity index (χ2n) is 9.99. The SMILES string of the molecule is CCCCCOc1ccc([C@@H]2/C(=C(\O)c3ccc4c(c3)C[C@@H](C)O4)C(=O)C(=O)N2Cc2ccccc2)cc1. The standard InChI is InChI=1S/C32H33NO5/c1-3-4-8-17-37-26-14-11-23(12-15-26)29-28(30(34)24-13-16-27-25(19-24)18-21(2)38-27)31(35)32(36)33(29)20-22-9-6-5-7-10-22/h5-7,9-16,19,21,29,34H,3-4,8,17-18,20H2,1-2H3/b30-28+/t21-,29-/m1/s1. The number of aliphatic hydroxyl groups excluding tert-OH is 1. The van der Waals surface area contributed by atoms with Gasteiger partial charge in [-0.3, -0.25) is 9.59 Å². The van der Waals surface area contributed by atoms with Crippen molar-refractivity contribution in [2.45, 2.75) is 58.2 Å². The number of fused-ring (bicyclic) bond motifs is 1. The number of aliphatic hydroxyl groups is 1. The zero-order valence-corrected chi connectivity index (χ0v) is 21.9. The largest absolute Gasteiger partial charge is 0.507 e. The molecule has 0 spiro atoms. The van der Waals surface area contributed by atoms with Crippen molar-refractivity contribution in [2.75, 3.05) is 6.61 Å². The van der Waals surface area contributed by atoms with Crippen LogP contribution in [0.5, 0.6) is 11.5 Å². The predicted molar refractivity (Wildman–Crippen MR) is 146 cm³/mol. The Morgan fingerprint density at radius 2 is 1.79 bits per heavy atom. The molecule has 0 radical (unpaired) electrons. The van der Waals surface area contributed by atoms with E-state index in [2.05, 4.69) is 6.92 Å². The summed E-state index contributed by atoms with van der Waals surface area (Å²) in [5.74, 6) is 0.0280. The first kappa shape index (κ1) is 25.6. The molecule has 1 amide bonds. The number of benzene rings is 3. The smallest absolute Gasteiger partial charge is 0.295 e. The highest BCUT2D eigenvalue weighted by molar-refractivity contribution is 6.46. The summed E-state index contributed by atoms with van der Waals surface area (Å²) >= 11 is 0. The van der Waals surface area contributed by atoms with E-state index in [9.17, 15) is 14.7 Å². The van der Waals surface area contributed by atoms with Crippen LogP contribution in [0.1, 0.15) is 61.4 Å². The van der Waals surface area contributed by atoms with Crippen molar-refractivity contribution in [2.24, 2.45) is 0 Å². The van der Waals surface area contributed by atoms with Crippen molar-refractivity contribution in [3.05, 3.63) is 101 Å². The van der Waals surface area contributed by atoms with E-state index >= 15 is 0 Å². The molecule has 0 aromatic heterocycles. The number of amides is 1. The third kappa shape index (κ3) is 5.17. The lowest BCUT2D eigenvalue weighted by molar-refractivity contribution is -0.140. The van der Waals surface area contributed by atoms with Crippen LogP contribution in [0.3, 0.4) is 0 Å². The van der Waals surface area contributed by atoms with Crippen LogP contribution in [0, 0.1) is 0 Å². The molecule has 0 unspecified atom stereocenters. The van der Waals surface area contributed by atoms with Crippen molar-refractivity contribution in [3.8, 4) is 11.5 Å². The van der Waals surface area contributed by atoms with Gasteiger partial charge in [-0.25, -0.2) is 0 Å². The first-order valence-electron chi connectivity index (χ1n) is 13.3. The summed E-state index contributed by atoms with van der Waals surface area (Å²) in [4.78, 5) is 28.3. The molecule has 1 saturated heterocycles. The molecule has 2 atom stereocenters. The van der Waals surface area contributed by atoms with Crippen molar-refractivity contribution in [1.29, 1.82) is 0 Å². The molecule has 6 nitrogen and oxygen atoms in total.